The van der Waals surface area contributed by atoms with Crippen molar-refractivity contribution < 1.29 is 13.3 Å². The normalized spacial score (nSPS) is 20.0. The van der Waals surface area contributed by atoms with E-state index in [-0.39, 0.29) is 23.5 Å². The van der Waals surface area contributed by atoms with Crippen LogP contribution in [0, 0.1) is 28.6 Å². The van der Waals surface area contributed by atoms with E-state index in [1.807, 2.05) is 0 Å². The van der Waals surface area contributed by atoms with Crippen molar-refractivity contribution in [2.45, 2.75) is 62.5 Å². The van der Waals surface area contributed by atoms with Crippen LogP contribution in [0.1, 0.15) is 56.8 Å². The average molecular weight is 532 g/mol. The second-order valence-electron chi connectivity index (χ2n) is 10.2. The second kappa shape index (κ2) is 9.85. The molecule has 6 rings (SSSR count). The van der Waals surface area contributed by atoms with Crippen molar-refractivity contribution in [2.24, 2.45) is 11.8 Å². The summed E-state index contributed by atoms with van der Waals surface area (Å²) in [6.45, 7) is 0.159. The molecule has 0 spiro atoms. The van der Waals surface area contributed by atoms with Gasteiger partial charge in [-0.25, -0.2) is 22.4 Å². The molecule has 1 aromatic carbocycles. The van der Waals surface area contributed by atoms with Crippen LogP contribution in [-0.4, -0.2) is 32.8 Å². The van der Waals surface area contributed by atoms with Crippen LogP contribution in [0.25, 0.3) is 22.1 Å². The van der Waals surface area contributed by atoms with Crippen molar-refractivity contribution in [1.29, 1.82) is 10.7 Å². The second-order valence-corrected chi connectivity index (χ2v) is 12.0. The van der Waals surface area contributed by atoms with Crippen molar-refractivity contribution in [2.75, 3.05) is 0 Å². The molecule has 2 aliphatic rings. The topological polar surface area (TPSA) is 139 Å². The number of fused-ring (bicyclic) bond motifs is 3. The highest BCUT2D eigenvalue weighted by molar-refractivity contribution is 7.90. The molecule has 0 unspecified atom stereocenters. The fourth-order valence-electron chi connectivity index (χ4n) is 5.46. The molecule has 2 aliphatic carbocycles. The maximum atomic E-state index is 13.4. The molecule has 0 amide bonds. The first-order valence-corrected chi connectivity index (χ1v) is 14.4. The van der Waals surface area contributed by atoms with Gasteiger partial charge in [0.15, 0.2) is 5.65 Å². The Morgan fingerprint density at radius 2 is 1.89 bits per heavy atom. The van der Waals surface area contributed by atoms with E-state index in [1.54, 1.807) is 48.8 Å². The fraction of sp³-hybridized carbons (Fsp3) is 0.407. The first-order valence-electron chi connectivity index (χ1n) is 13.0. The van der Waals surface area contributed by atoms with Gasteiger partial charge in [0.25, 0.3) is 10.0 Å². The Balaban J connectivity index is 1.41. The average Bonchev–Trinajstić information content (AvgIpc) is 3.58. The van der Waals surface area contributed by atoms with Crippen LogP contribution in [-0.2, 0) is 21.5 Å². The van der Waals surface area contributed by atoms with Crippen LogP contribution in [0.2, 0.25) is 0 Å². The molecule has 0 saturated heterocycles. The molecule has 0 radical (unpaired) electrons. The van der Waals surface area contributed by atoms with Gasteiger partial charge in [-0.3, -0.25) is 15.7 Å². The van der Waals surface area contributed by atoms with Crippen molar-refractivity contribution in [1.82, 2.24) is 24.0 Å². The molecule has 38 heavy (non-hydrogen) atoms. The lowest BCUT2D eigenvalue weighted by Gasteiger charge is -2.30. The van der Waals surface area contributed by atoms with Crippen LogP contribution in [0.4, 0.5) is 0 Å². The molecule has 2 N–H and O–H groups in total. The quantitative estimate of drug-likeness (QED) is 0.191. The Labute approximate surface area is 220 Å². The van der Waals surface area contributed by atoms with Crippen LogP contribution < -0.4 is 5.48 Å². The van der Waals surface area contributed by atoms with Crippen LogP contribution in [0.3, 0.4) is 0 Å². The monoisotopic (exact) mass is 531 g/mol. The maximum absolute atomic E-state index is 13.4. The summed E-state index contributed by atoms with van der Waals surface area (Å²) in [7, 11) is -3.83. The summed E-state index contributed by atoms with van der Waals surface area (Å²) in [4.78, 5) is 15.3. The zero-order chi connectivity index (χ0) is 26.3. The Morgan fingerprint density at radius 3 is 2.61 bits per heavy atom. The smallest absolute Gasteiger partial charge is 0.269 e. The number of hydroxylamine groups is 1. The molecule has 4 aromatic rings. The van der Waals surface area contributed by atoms with Crippen LogP contribution in [0.5, 0.6) is 0 Å². The highest BCUT2D eigenvalue weighted by Gasteiger charge is 2.29. The van der Waals surface area contributed by atoms with Gasteiger partial charge < -0.3 is 4.57 Å². The lowest BCUT2D eigenvalue weighted by molar-refractivity contribution is 0.0607. The first-order chi connectivity index (χ1) is 18.5. The third-order valence-corrected chi connectivity index (χ3v) is 9.31. The minimum absolute atomic E-state index is 0.135. The number of imidazole rings is 1. The molecule has 2 fully saturated rings. The SMILES string of the molecule is N#CC[C@H]1CC[C@H](n2c(CONC(=N)C3CC3)nc3cnc4c(ccn4S(=O)(=O)c4ccccc4)c32)CC1. The van der Waals surface area contributed by atoms with E-state index in [2.05, 4.69) is 21.1 Å². The molecule has 3 aromatic heterocycles. The molecule has 196 valence electrons. The fourth-order valence-corrected chi connectivity index (χ4v) is 6.78. The zero-order valence-electron chi connectivity index (χ0n) is 20.9. The van der Waals surface area contributed by atoms with Crippen molar-refractivity contribution in [3.63, 3.8) is 0 Å². The largest absolute Gasteiger partial charge is 0.322 e. The molecular formula is C27H29N7O3S. The lowest BCUT2D eigenvalue weighted by atomic mass is 9.84. The minimum Gasteiger partial charge on any atom is -0.322 e. The van der Waals surface area contributed by atoms with Gasteiger partial charge in [-0.2, -0.15) is 5.26 Å². The molecule has 0 atom stereocenters. The van der Waals surface area contributed by atoms with Gasteiger partial charge in [0.2, 0.25) is 0 Å². The van der Waals surface area contributed by atoms with Crippen molar-refractivity contribution >= 4 is 37.9 Å². The van der Waals surface area contributed by atoms with E-state index in [1.165, 1.54) is 3.97 Å². The molecule has 0 bridgehead atoms. The lowest BCUT2D eigenvalue weighted by Crippen LogP contribution is -2.26. The van der Waals surface area contributed by atoms with E-state index in [0.29, 0.717) is 40.5 Å². The van der Waals surface area contributed by atoms with Gasteiger partial charge in [0.1, 0.15) is 23.8 Å². The number of benzene rings is 1. The predicted octanol–water partition coefficient (Wildman–Crippen LogP) is 4.68. The molecular weight excluding hydrogens is 502 g/mol. The van der Waals surface area contributed by atoms with Gasteiger partial charge in [-0.05, 0) is 62.6 Å². The zero-order valence-corrected chi connectivity index (χ0v) is 21.7. The van der Waals surface area contributed by atoms with Gasteiger partial charge in [0, 0.05) is 30.0 Å². The number of nitrogens with one attached hydrogen (secondary N) is 2. The van der Waals surface area contributed by atoms with E-state index in [9.17, 15) is 8.42 Å². The summed E-state index contributed by atoms with van der Waals surface area (Å²) >= 11 is 0. The third kappa shape index (κ3) is 4.44. The number of amidine groups is 1. The minimum atomic E-state index is -3.83. The van der Waals surface area contributed by atoms with Crippen LogP contribution in [0.15, 0.2) is 53.7 Å². The van der Waals surface area contributed by atoms with E-state index in [0.717, 1.165) is 44.0 Å². The van der Waals surface area contributed by atoms with Crippen molar-refractivity contribution in [3.05, 3.63) is 54.6 Å². The van der Waals surface area contributed by atoms with Gasteiger partial charge >= 0.3 is 0 Å². The van der Waals surface area contributed by atoms with Gasteiger partial charge in [0.05, 0.1) is 22.7 Å². The van der Waals surface area contributed by atoms with Gasteiger partial charge in [-0.1, -0.05) is 18.2 Å². The first kappa shape index (κ1) is 24.6. The third-order valence-electron chi connectivity index (χ3n) is 7.63. The summed E-state index contributed by atoms with van der Waals surface area (Å²) < 4.78 is 30.3. The highest BCUT2D eigenvalue weighted by atomic mass is 32.2. The number of rotatable bonds is 8. The number of nitrogens with zero attached hydrogens (tertiary/aromatic N) is 5. The van der Waals surface area contributed by atoms with E-state index < -0.39 is 10.0 Å². The standard InChI is InChI=1S/C27H29N7O3S/c28-14-12-18-6-10-20(11-7-18)34-24(17-37-32-26(29)19-8-9-19)31-23-16-30-27-22(25(23)34)13-15-33(27)38(35,36)21-4-2-1-3-5-21/h1-5,13,15-16,18-20H,6-12,17H2,(H2,29,32)/t18-,20-. The van der Waals surface area contributed by atoms with E-state index >= 15 is 0 Å². The van der Waals surface area contributed by atoms with E-state index in [4.69, 9.17) is 20.5 Å². The molecule has 0 aliphatic heterocycles. The Kier molecular flexibility index (Phi) is 6.37. The number of aromatic nitrogens is 4. The number of nitriles is 1. The Morgan fingerprint density at radius 1 is 1.13 bits per heavy atom. The number of pyridine rings is 1. The summed E-state index contributed by atoms with van der Waals surface area (Å²) in [6.07, 6.45) is 9.42. The van der Waals surface area contributed by atoms with Gasteiger partial charge in [-0.15, -0.1) is 0 Å². The maximum Gasteiger partial charge on any atom is 0.269 e. The molecule has 2 saturated carbocycles. The summed E-state index contributed by atoms with van der Waals surface area (Å²) in [5.41, 5.74) is 4.61. The molecule has 11 heteroatoms. The number of hydrogen-bond acceptors (Lipinski definition) is 7. The molecule has 3 heterocycles. The highest BCUT2D eigenvalue weighted by Crippen LogP contribution is 2.38. The predicted molar refractivity (Wildman–Crippen MR) is 142 cm³/mol. The Bertz CT molecular complexity index is 1640. The number of hydrogen-bond donors (Lipinski definition) is 2. The summed E-state index contributed by atoms with van der Waals surface area (Å²) in [5, 5.41) is 17.9. The summed E-state index contributed by atoms with van der Waals surface area (Å²) in [5.74, 6) is 1.73. The Hall–Kier alpha value is -3.75. The molecule has 10 nitrogen and oxygen atoms in total. The van der Waals surface area contributed by atoms with Crippen molar-refractivity contribution in [3.8, 4) is 6.07 Å². The van der Waals surface area contributed by atoms with Crippen LogP contribution >= 0.6 is 0 Å². The summed E-state index contributed by atoms with van der Waals surface area (Å²) in [6, 6.07) is 12.6.